The van der Waals surface area contributed by atoms with Crippen LogP contribution in [0.25, 0.3) is 0 Å². The van der Waals surface area contributed by atoms with Crippen LogP contribution in [0.15, 0.2) is 47.4 Å². The molecule has 7 heteroatoms. The molecule has 0 aliphatic carbocycles. The van der Waals surface area contributed by atoms with Crippen molar-refractivity contribution in [2.45, 2.75) is 4.90 Å². The predicted molar refractivity (Wildman–Crippen MR) is 87.2 cm³/mol. The highest BCUT2D eigenvalue weighted by Gasteiger charge is 2.16. The molecule has 0 aliphatic rings. The summed E-state index contributed by atoms with van der Waals surface area (Å²) in [6.07, 6.45) is 0. The molecular formula is C14H12Cl2N2O2S. The Labute approximate surface area is 134 Å². The molecule has 2 rings (SSSR count). The zero-order valence-electron chi connectivity index (χ0n) is 10.8. The average molecular weight is 343 g/mol. The third-order valence-corrected chi connectivity index (χ3v) is 4.88. The van der Waals surface area contributed by atoms with Crippen LogP contribution in [-0.4, -0.2) is 15.9 Å². The maximum absolute atomic E-state index is 12.2. The van der Waals surface area contributed by atoms with Gasteiger partial charge in [-0.3, -0.25) is 9.00 Å². The van der Waals surface area contributed by atoms with E-state index in [0.717, 1.165) is 0 Å². The third kappa shape index (κ3) is 4.20. The number of amides is 1. The van der Waals surface area contributed by atoms with Crippen LogP contribution < -0.4 is 11.1 Å². The Kier molecular flexibility index (Phi) is 5.22. The highest BCUT2D eigenvalue weighted by atomic mass is 35.5. The largest absolute Gasteiger partial charge is 0.399 e. The van der Waals surface area contributed by atoms with Gasteiger partial charge in [0.1, 0.15) is 5.75 Å². The van der Waals surface area contributed by atoms with E-state index in [9.17, 15) is 9.00 Å². The minimum absolute atomic E-state index is 0.228. The maximum atomic E-state index is 12.2. The van der Waals surface area contributed by atoms with Crippen LogP contribution in [0.3, 0.4) is 0 Å². The molecule has 4 nitrogen and oxygen atoms in total. The summed E-state index contributed by atoms with van der Waals surface area (Å²) in [4.78, 5) is 12.2. The molecule has 0 spiro atoms. The summed E-state index contributed by atoms with van der Waals surface area (Å²) in [6, 6.07) is 11.5. The average Bonchev–Trinajstić information content (AvgIpc) is 2.41. The van der Waals surface area contributed by atoms with Gasteiger partial charge in [0.25, 0.3) is 0 Å². The summed E-state index contributed by atoms with van der Waals surface area (Å²) in [5.74, 6) is -0.623. The fourth-order valence-corrected chi connectivity index (χ4v) is 3.59. The first-order chi connectivity index (χ1) is 9.97. The Bertz CT molecular complexity index is 670. The van der Waals surface area contributed by atoms with Gasteiger partial charge in [-0.05, 0) is 36.4 Å². The first kappa shape index (κ1) is 15.8. The lowest BCUT2D eigenvalue weighted by Gasteiger charge is -2.08. The van der Waals surface area contributed by atoms with Gasteiger partial charge in [0.2, 0.25) is 5.91 Å². The van der Waals surface area contributed by atoms with Crippen molar-refractivity contribution in [2.75, 3.05) is 16.8 Å². The molecule has 1 atom stereocenters. The number of carbonyl (C=O) groups is 1. The Morgan fingerprint density at radius 1 is 1.10 bits per heavy atom. The zero-order chi connectivity index (χ0) is 15.4. The second-order valence-electron chi connectivity index (χ2n) is 4.21. The highest BCUT2D eigenvalue weighted by molar-refractivity contribution is 7.86. The number of halogens is 2. The molecule has 110 valence electrons. The number of nitrogens with one attached hydrogen (secondary N) is 1. The standard InChI is InChI=1S/C14H12Cl2N2O2S/c15-11-2-1-3-12(16)14(11)21(20)8-13(19)18-10-6-4-9(17)5-7-10/h1-7H,8,17H2,(H,18,19). The van der Waals surface area contributed by atoms with Gasteiger partial charge < -0.3 is 11.1 Å². The fraction of sp³-hybridized carbons (Fsp3) is 0.0714. The van der Waals surface area contributed by atoms with Crippen LogP contribution in [0.1, 0.15) is 0 Å². The topological polar surface area (TPSA) is 72.2 Å². The van der Waals surface area contributed by atoms with Crippen molar-refractivity contribution in [1.29, 1.82) is 0 Å². The van der Waals surface area contributed by atoms with Crippen molar-refractivity contribution in [3.63, 3.8) is 0 Å². The molecule has 2 aromatic rings. The van der Waals surface area contributed by atoms with Crippen LogP contribution in [-0.2, 0) is 15.6 Å². The number of nitrogens with two attached hydrogens (primary N) is 1. The lowest BCUT2D eigenvalue weighted by Crippen LogP contribution is -2.19. The van der Waals surface area contributed by atoms with Crippen LogP contribution >= 0.6 is 23.2 Å². The van der Waals surface area contributed by atoms with E-state index in [-0.39, 0.29) is 20.7 Å². The Balaban J connectivity index is 2.06. The van der Waals surface area contributed by atoms with Crippen molar-refractivity contribution >= 4 is 51.3 Å². The van der Waals surface area contributed by atoms with E-state index in [0.29, 0.717) is 11.4 Å². The molecule has 1 unspecified atom stereocenters. The Hall–Kier alpha value is -1.56. The first-order valence-electron chi connectivity index (χ1n) is 5.95. The van der Waals surface area contributed by atoms with Crippen LogP contribution in [0.5, 0.6) is 0 Å². The quantitative estimate of drug-likeness (QED) is 0.837. The SMILES string of the molecule is Nc1ccc(NC(=O)CS(=O)c2c(Cl)cccc2Cl)cc1. The van der Waals surface area contributed by atoms with Gasteiger partial charge in [0, 0.05) is 11.4 Å². The second kappa shape index (κ2) is 6.93. The van der Waals surface area contributed by atoms with Gasteiger partial charge in [-0.25, -0.2) is 0 Å². The zero-order valence-corrected chi connectivity index (χ0v) is 13.1. The number of benzene rings is 2. The van der Waals surface area contributed by atoms with Gasteiger partial charge >= 0.3 is 0 Å². The van der Waals surface area contributed by atoms with Gasteiger partial charge in [0.15, 0.2) is 0 Å². The monoisotopic (exact) mass is 342 g/mol. The Morgan fingerprint density at radius 2 is 1.67 bits per heavy atom. The second-order valence-corrected chi connectivity index (χ2v) is 6.41. The maximum Gasteiger partial charge on any atom is 0.237 e. The third-order valence-electron chi connectivity index (χ3n) is 2.60. The van der Waals surface area contributed by atoms with E-state index in [4.69, 9.17) is 28.9 Å². The predicted octanol–water partition coefficient (Wildman–Crippen LogP) is 3.32. The van der Waals surface area contributed by atoms with Gasteiger partial charge in [-0.15, -0.1) is 0 Å². The van der Waals surface area contributed by atoms with Gasteiger partial charge in [-0.2, -0.15) is 0 Å². The van der Waals surface area contributed by atoms with E-state index in [1.165, 1.54) is 0 Å². The van der Waals surface area contributed by atoms with Crippen LogP contribution in [0.4, 0.5) is 11.4 Å². The number of hydrogen-bond acceptors (Lipinski definition) is 3. The van der Waals surface area contributed by atoms with Crippen molar-refractivity contribution in [2.24, 2.45) is 0 Å². The van der Waals surface area contributed by atoms with Crippen molar-refractivity contribution in [3.8, 4) is 0 Å². The lowest BCUT2D eigenvalue weighted by atomic mass is 10.3. The molecule has 3 N–H and O–H groups in total. The van der Waals surface area contributed by atoms with E-state index in [1.807, 2.05) is 0 Å². The van der Waals surface area contributed by atoms with Gasteiger partial charge in [-0.1, -0.05) is 29.3 Å². The van der Waals surface area contributed by atoms with E-state index in [1.54, 1.807) is 42.5 Å². The highest BCUT2D eigenvalue weighted by Crippen LogP contribution is 2.27. The molecule has 0 aromatic heterocycles. The molecule has 2 aromatic carbocycles. The smallest absolute Gasteiger partial charge is 0.237 e. The number of nitrogen functional groups attached to an aromatic ring is 1. The molecule has 0 saturated carbocycles. The van der Waals surface area contributed by atoms with E-state index >= 15 is 0 Å². The number of anilines is 2. The summed E-state index contributed by atoms with van der Waals surface area (Å²) in [6.45, 7) is 0. The minimum atomic E-state index is -1.62. The van der Waals surface area contributed by atoms with Crippen LogP contribution in [0.2, 0.25) is 10.0 Å². The summed E-state index contributed by atoms with van der Waals surface area (Å²) in [5.41, 5.74) is 6.73. The molecule has 0 bridgehead atoms. The molecule has 0 heterocycles. The molecule has 0 radical (unpaired) electrons. The summed E-state index contributed by atoms with van der Waals surface area (Å²) >= 11 is 11.9. The Morgan fingerprint density at radius 3 is 2.24 bits per heavy atom. The molecule has 1 amide bonds. The van der Waals surface area contributed by atoms with Crippen molar-refractivity contribution in [1.82, 2.24) is 0 Å². The van der Waals surface area contributed by atoms with Crippen LogP contribution in [0, 0.1) is 0 Å². The summed E-state index contributed by atoms with van der Waals surface area (Å²) < 4.78 is 12.2. The molecule has 0 fully saturated rings. The van der Waals surface area contributed by atoms with Crippen molar-refractivity contribution < 1.29 is 9.00 Å². The number of carbonyl (C=O) groups excluding carboxylic acids is 1. The lowest BCUT2D eigenvalue weighted by molar-refractivity contribution is -0.113. The first-order valence-corrected chi connectivity index (χ1v) is 8.02. The molecule has 21 heavy (non-hydrogen) atoms. The molecule has 0 aliphatic heterocycles. The fourth-order valence-electron chi connectivity index (χ4n) is 1.65. The normalized spacial score (nSPS) is 11.9. The van der Waals surface area contributed by atoms with E-state index < -0.39 is 16.7 Å². The number of hydrogen-bond donors (Lipinski definition) is 2. The van der Waals surface area contributed by atoms with Crippen molar-refractivity contribution in [3.05, 3.63) is 52.5 Å². The minimum Gasteiger partial charge on any atom is -0.399 e. The summed E-state index contributed by atoms with van der Waals surface area (Å²) in [5, 5.41) is 3.19. The summed E-state index contributed by atoms with van der Waals surface area (Å²) in [7, 11) is -1.62. The molecular weight excluding hydrogens is 331 g/mol. The van der Waals surface area contributed by atoms with E-state index in [2.05, 4.69) is 5.32 Å². The number of rotatable bonds is 4. The molecule has 0 saturated heterocycles. The van der Waals surface area contributed by atoms with Gasteiger partial charge in [0.05, 0.1) is 25.7 Å².